The van der Waals surface area contributed by atoms with Gasteiger partial charge in [0.15, 0.2) is 0 Å². The highest BCUT2D eigenvalue weighted by Gasteiger charge is 2.33. The molecule has 6 nitrogen and oxygen atoms in total. The number of rotatable bonds is 4. The van der Waals surface area contributed by atoms with Crippen molar-refractivity contribution in [2.24, 2.45) is 22.5 Å². The number of alkyl halides is 3. The molecule has 0 aromatic carbocycles. The number of anilines is 1. The Labute approximate surface area is 108 Å². The number of halogens is 3. The molecular formula is C10H15F3N6. The summed E-state index contributed by atoms with van der Waals surface area (Å²) in [7, 11) is 0. The molecule has 0 saturated carbocycles. The molecular weight excluding hydrogens is 261 g/mol. The molecule has 0 aliphatic carbocycles. The summed E-state index contributed by atoms with van der Waals surface area (Å²) < 4.78 is 38.0. The van der Waals surface area contributed by atoms with Crippen molar-refractivity contribution >= 4 is 11.9 Å². The first-order valence-electron chi connectivity index (χ1n) is 5.48. The summed E-state index contributed by atoms with van der Waals surface area (Å²) in [6.07, 6.45) is -4.16. The highest BCUT2D eigenvalue weighted by Crippen LogP contribution is 2.29. The maximum absolute atomic E-state index is 12.7. The van der Waals surface area contributed by atoms with E-state index in [1.165, 1.54) is 0 Å². The monoisotopic (exact) mass is 276 g/mol. The van der Waals surface area contributed by atoms with Gasteiger partial charge in [0.2, 0.25) is 11.9 Å². The highest BCUT2D eigenvalue weighted by molar-refractivity contribution is 5.76. The van der Waals surface area contributed by atoms with E-state index in [1.807, 2.05) is 13.8 Å². The summed E-state index contributed by atoms with van der Waals surface area (Å²) in [5.74, 6) is -0.461. The first-order valence-corrected chi connectivity index (χ1v) is 5.48. The molecule has 0 aliphatic heterocycles. The molecule has 0 atom stereocenters. The van der Waals surface area contributed by atoms with Gasteiger partial charge >= 0.3 is 6.18 Å². The van der Waals surface area contributed by atoms with E-state index in [0.717, 1.165) is 6.07 Å². The second-order valence-electron chi connectivity index (χ2n) is 4.31. The number of nitrogens with one attached hydrogen (secondary N) is 1. The van der Waals surface area contributed by atoms with Crippen molar-refractivity contribution in [2.45, 2.75) is 26.4 Å². The Kier molecular flexibility index (Phi) is 4.52. The molecule has 1 rings (SSSR count). The summed E-state index contributed by atoms with van der Waals surface area (Å²) in [6, 6.07) is 0.917. The first-order chi connectivity index (χ1) is 8.68. The zero-order chi connectivity index (χ0) is 14.6. The molecule has 1 aromatic rings. The fourth-order valence-corrected chi connectivity index (χ4v) is 1.33. The van der Waals surface area contributed by atoms with Gasteiger partial charge in [-0.25, -0.2) is 15.4 Å². The van der Waals surface area contributed by atoms with Crippen LogP contribution in [0.1, 0.15) is 25.2 Å². The van der Waals surface area contributed by atoms with Gasteiger partial charge in [0, 0.05) is 5.69 Å². The zero-order valence-electron chi connectivity index (χ0n) is 10.5. The molecule has 0 aliphatic rings. The predicted octanol–water partition coefficient (Wildman–Crippen LogP) is 1.29. The van der Waals surface area contributed by atoms with E-state index < -0.39 is 11.9 Å². The van der Waals surface area contributed by atoms with E-state index >= 15 is 0 Å². The van der Waals surface area contributed by atoms with Gasteiger partial charge < -0.3 is 11.5 Å². The molecule has 1 heterocycles. The normalized spacial score (nSPS) is 11.5. The number of guanidine groups is 1. The Morgan fingerprint density at radius 1 is 1.37 bits per heavy atom. The van der Waals surface area contributed by atoms with Gasteiger partial charge in [0.05, 0.1) is 0 Å². The summed E-state index contributed by atoms with van der Waals surface area (Å²) in [4.78, 5) is 7.24. The summed E-state index contributed by atoms with van der Waals surface area (Å²) in [6.45, 7) is 3.75. The smallest absolute Gasteiger partial charge is 0.369 e. The molecule has 0 saturated heterocycles. The quantitative estimate of drug-likeness (QED) is 0.437. The fraction of sp³-hybridized carbons (Fsp3) is 0.500. The van der Waals surface area contributed by atoms with Crippen molar-refractivity contribution in [1.82, 2.24) is 9.97 Å². The minimum atomic E-state index is -4.55. The minimum Gasteiger partial charge on any atom is -0.369 e. The average molecular weight is 276 g/mol. The fourth-order valence-electron chi connectivity index (χ4n) is 1.33. The summed E-state index contributed by atoms with van der Waals surface area (Å²) in [5, 5.41) is 3.37. The van der Waals surface area contributed by atoms with Crippen molar-refractivity contribution < 1.29 is 13.2 Å². The van der Waals surface area contributed by atoms with E-state index in [0.29, 0.717) is 6.42 Å². The van der Waals surface area contributed by atoms with Crippen LogP contribution in [-0.2, 0) is 12.6 Å². The van der Waals surface area contributed by atoms with Crippen LogP contribution in [0.25, 0.3) is 0 Å². The Hall–Kier alpha value is -2.06. The molecule has 5 N–H and O–H groups in total. The minimum absolute atomic E-state index is 0.159. The second-order valence-corrected chi connectivity index (χ2v) is 4.31. The summed E-state index contributed by atoms with van der Waals surface area (Å²) >= 11 is 0. The van der Waals surface area contributed by atoms with Gasteiger partial charge in [0.25, 0.3) is 0 Å². The van der Waals surface area contributed by atoms with Crippen LogP contribution in [0.3, 0.4) is 0 Å². The molecule has 19 heavy (non-hydrogen) atoms. The van der Waals surface area contributed by atoms with Gasteiger partial charge in [0.1, 0.15) is 5.69 Å². The third kappa shape index (κ3) is 4.98. The Morgan fingerprint density at radius 3 is 2.47 bits per heavy atom. The van der Waals surface area contributed by atoms with Crippen LogP contribution in [0.2, 0.25) is 0 Å². The lowest BCUT2D eigenvalue weighted by molar-refractivity contribution is -0.141. The van der Waals surface area contributed by atoms with Crippen molar-refractivity contribution in [3.63, 3.8) is 0 Å². The maximum Gasteiger partial charge on any atom is 0.433 e. The molecule has 0 bridgehead atoms. The first kappa shape index (κ1) is 15.0. The lowest BCUT2D eigenvalue weighted by atomic mass is 10.1. The molecule has 106 valence electrons. The molecule has 0 fully saturated rings. The predicted molar refractivity (Wildman–Crippen MR) is 65.0 cm³/mol. The largest absolute Gasteiger partial charge is 0.433 e. The van der Waals surface area contributed by atoms with Gasteiger partial charge in [-0.2, -0.15) is 13.2 Å². The molecule has 1 aromatic heterocycles. The van der Waals surface area contributed by atoms with Crippen LogP contribution in [0, 0.1) is 5.92 Å². The molecule has 0 spiro atoms. The molecule has 0 amide bonds. The van der Waals surface area contributed by atoms with E-state index in [9.17, 15) is 13.2 Å². The number of hydrazone groups is 1. The van der Waals surface area contributed by atoms with E-state index in [-0.39, 0.29) is 23.5 Å². The third-order valence-electron chi connectivity index (χ3n) is 1.97. The topological polar surface area (TPSA) is 102 Å². The molecule has 0 unspecified atom stereocenters. The molecule has 9 heteroatoms. The van der Waals surface area contributed by atoms with Crippen LogP contribution >= 0.6 is 0 Å². The second kappa shape index (κ2) is 5.72. The van der Waals surface area contributed by atoms with Crippen molar-refractivity contribution in [3.05, 3.63) is 17.5 Å². The lowest BCUT2D eigenvalue weighted by Crippen LogP contribution is -2.24. The Morgan fingerprint density at radius 2 is 2.00 bits per heavy atom. The lowest BCUT2D eigenvalue weighted by Gasteiger charge is -2.11. The Bertz CT molecular complexity index is 465. The van der Waals surface area contributed by atoms with Crippen LogP contribution in [-0.4, -0.2) is 15.9 Å². The number of nitrogens with two attached hydrogens (primary N) is 2. The number of nitrogens with zero attached hydrogens (tertiary/aromatic N) is 3. The van der Waals surface area contributed by atoms with Crippen molar-refractivity contribution in [3.8, 4) is 0 Å². The van der Waals surface area contributed by atoms with E-state index in [1.54, 1.807) is 0 Å². The van der Waals surface area contributed by atoms with E-state index in [4.69, 9.17) is 11.5 Å². The van der Waals surface area contributed by atoms with Crippen LogP contribution in [0.15, 0.2) is 11.2 Å². The van der Waals surface area contributed by atoms with Gasteiger partial charge in [-0.05, 0) is 18.4 Å². The summed E-state index contributed by atoms with van der Waals surface area (Å²) in [5.41, 5.74) is 11.6. The molecule has 0 radical (unpaired) electrons. The number of hydrogen-bond donors (Lipinski definition) is 3. The van der Waals surface area contributed by atoms with Gasteiger partial charge in [-0.1, -0.05) is 13.8 Å². The standard InChI is InChI=1S/C10H15F3N6/c1-5(2)3-6-4-7(10(11,12)13)17-9(16-6)19-18-8(14)15/h4-5H,3H2,1-2H3,(H4,14,15,18)(H,16,17,19). The van der Waals surface area contributed by atoms with Crippen molar-refractivity contribution in [2.75, 3.05) is 5.43 Å². The van der Waals surface area contributed by atoms with Gasteiger partial charge in [-0.3, -0.25) is 0 Å². The average Bonchev–Trinajstić information content (AvgIpc) is 2.24. The Balaban J connectivity index is 3.12. The SMILES string of the molecule is CC(C)Cc1cc(C(F)(F)F)nc(NN=C(N)N)n1. The highest BCUT2D eigenvalue weighted by atomic mass is 19.4. The zero-order valence-corrected chi connectivity index (χ0v) is 10.5. The van der Waals surface area contributed by atoms with Crippen molar-refractivity contribution in [1.29, 1.82) is 0 Å². The van der Waals surface area contributed by atoms with Crippen LogP contribution in [0.4, 0.5) is 19.1 Å². The third-order valence-corrected chi connectivity index (χ3v) is 1.97. The van der Waals surface area contributed by atoms with E-state index in [2.05, 4.69) is 20.5 Å². The van der Waals surface area contributed by atoms with Gasteiger partial charge in [-0.15, -0.1) is 5.10 Å². The van der Waals surface area contributed by atoms with Crippen LogP contribution in [0.5, 0.6) is 0 Å². The number of hydrogen-bond acceptors (Lipinski definition) is 4. The maximum atomic E-state index is 12.7. The number of aromatic nitrogens is 2. The van der Waals surface area contributed by atoms with Crippen LogP contribution < -0.4 is 16.9 Å².